The van der Waals surface area contributed by atoms with E-state index in [1.165, 1.54) is 11.3 Å². The number of rotatable bonds is 5. The molecule has 0 atom stereocenters. The first kappa shape index (κ1) is 19.9. The van der Waals surface area contributed by atoms with E-state index in [4.69, 9.17) is 0 Å². The van der Waals surface area contributed by atoms with Crippen molar-refractivity contribution in [1.29, 1.82) is 0 Å². The molecule has 1 aliphatic rings. The minimum absolute atomic E-state index is 0.388. The van der Waals surface area contributed by atoms with Gasteiger partial charge < -0.3 is 14.7 Å². The summed E-state index contributed by atoms with van der Waals surface area (Å²) in [5, 5.41) is 0. The van der Waals surface area contributed by atoms with Crippen LogP contribution in [0.4, 0.5) is 5.69 Å². The van der Waals surface area contributed by atoms with Crippen LogP contribution in [0.15, 0.2) is 48.8 Å². The third-order valence-electron chi connectivity index (χ3n) is 5.21. The smallest absolute Gasteiger partial charge is 0.312 e. The number of nitrogens with zero attached hydrogens (tertiary/aromatic N) is 4. The molecule has 2 aromatic rings. The normalized spacial score (nSPS) is 14.1. The Hall–Kier alpha value is -2.89. The van der Waals surface area contributed by atoms with Gasteiger partial charge in [-0.1, -0.05) is 12.1 Å². The maximum absolute atomic E-state index is 12.7. The van der Waals surface area contributed by atoms with Crippen molar-refractivity contribution in [1.82, 2.24) is 14.8 Å². The predicted octanol–water partition coefficient (Wildman–Crippen LogP) is 2.13. The molecule has 1 aromatic heterocycles. The number of aryl methyl sites for hydroxylation is 1. The summed E-state index contributed by atoms with van der Waals surface area (Å²) in [5.74, 6) is -0.791. The first-order chi connectivity index (χ1) is 13.6. The molecular formula is C22H28N4O2. The first-order valence-electron chi connectivity index (χ1n) is 9.87. The Labute approximate surface area is 166 Å². The largest absolute Gasteiger partial charge is 0.368 e. The van der Waals surface area contributed by atoms with Gasteiger partial charge in [-0.05, 0) is 55.7 Å². The lowest BCUT2D eigenvalue weighted by atomic mass is 10.2. The van der Waals surface area contributed by atoms with Crippen LogP contribution in [-0.2, 0) is 16.0 Å². The average Bonchev–Trinajstić information content (AvgIpc) is 2.74. The van der Waals surface area contributed by atoms with E-state index in [-0.39, 0.29) is 5.91 Å². The quantitative estimate of drug-likeness (QED) is 0.746. The molecule has 3 rings (SSSR count). The van der Waals surface area contributed by atoms with E-state index in [1.807, 2.05) is 25.1 Å². The number of hydrogen-bond donors (Lipinski definition) is 0. The topological polar surface area (TPSA) is 56.8 Å². The Morgan fingerprint density at radius 2 is 1.79 bits per heavy atom. The molecule has 6 heteroatoms. The minimum Gasteiger partial charge on any atom is -0.368 e. The third kappa shape index (κ3) is 4.88. The molecule has 2 heterocycles. The second-order valence-corrected chi connectivity index (χ2v) is 7.11. The third-order valence-corrected chi connectivity index (χ3v) is 5.21. The highest BCUT2D eigenvalue weighted by atomic mass is 16.2. The van der Waals surface area contributed by atoms with Gasteiger partial charge in [0.1, 0.15) is 0 Å². The number of likely N-dealkylation sites (N-methyl/N-ethyl adjacent to an activating group) is 1. The van der Waals surface area contributed by atoms with Gasteiger partial charge in [0.25, 0.3) is 0 Å². The summed E-state index contributed by atoms with van der Waals surface area (Å²) in [7, 11) is 0. The zero-order chi connectivity index (χ0) is 19.9. The molecule has 1 aliphatic heterocycles. The van der Waals surface area contributed by atoms with Gasteiger partial charge >= 0.3 is 11.8 Å². The molecule has 0 bridgehead atoms. The van der Waals surface area contributed by atoms with E-state index in [2.05, 4.69) is 35.0 Å². The zero-order valence-corrected chi connectivity index (χ0v) is 16.7. The predicted molar refractivity (Wildman–Crippen MR) is 110 cm³/mol. The fraction of sp³-hybridized carbons (Fsp3) is 0.409. The second-order valence-electron chi connectivity index (χ2n) is 7.11. The molecule has 0 radical (unpaired) electrons. The van der Waals surface area contributed by atoms with Crippen molar-refractivity contribution in [2.75, 3.05) is 44.2 Å². The van der Waals surface area contributed by atoms with Crippen molar-refractivity contribution in [3.8, 4) is 0 Å². The van der Waals surface area contributed by atoms with Crippen molar-refractivity contribution >= 4 is 17.5 Å². The Morgan fingerprint density at radius 1 is 1.07 bits per heavy atom. The van der Waals surface area contributed by atoms with Crippen LogP contribution >= 0.6 is 0 Å². The first-order valence-corrected chi connectivity index (χ1v) is 9.87. The average molecular weight is 380 g/mol. The summed E-state index contributed by atoms with van der Waals surface area (Å²) in [6.45, 7) is 7.67. The van der Waals surface area contributed by atoms with Crippen LogP contribution in [-0.4, -0.2) is 65.9 Å². The van der Waals surface area contributed by atoms with E-state index in [0.29, 0.717) is 26.2 Å². The molecule has 0 spiro atoms. The number of pyridine rings is 1. The summed E-state index contributed by atoms with van der Waals surface area (Å²) in [6.07, 6.45) is 4.20. The molecule has 0 aliphatic carbocycles. The molecule has 1 fully saturated rings. The number of piperazine rings is 1. The van der Waals surface area contributed by atoms with Crippen LogP contribution in [0.3, 0.4) is 0 Å². The number of anilines is 1. The summed E-state index contributed by atoms with van der Waals surface area (Å²) in [5.41, 5.74) is 3.50. The van der Waals surface area contributed by atoms with Crippen LogP contribution in [0.2, 0.25) is 0 Å². The molecule has 0 unspecified atom stereocenters. The molecular weight excluding hydrogens is 352 g/mol. The molecule has 148 valence electrons. The standard InChI is InChI=1S/C22H28N4O2/c1-3-24(12-9-19-7-10-23-11-8-19)21(27)22(28)26-15-13-25(14-16-26)20-6-4-5-18(2)17-20/h4-8,10-11,17H,3,9,12-16H2,1-2H3. The van der Waals surface area contributed by atoms with Gasteiger partial charge in [0.05, 0.1) is 0 Å². The molecule has 2 amide bonds. The number of carbonyl (C=O) groups is 2. The molecule has 0 saturated carbocycles. The summed E-state index contributed by atoms with van der Waals surface area (Å²) >= 11 is 0. The maximum atomic E-state index is 12.7. The molecule has 1 saturated heterocycles. The van der Waals surface area contributed by atoms with Crippen molar-refractivity contribution in [3.63, 3.8) is 0 Å². The van der Waals surface area contributed by atoms with Crippen LogP contribution in [0.5, 0.6) is 0 Å². The van der Waals surface area contributed by atoms with Gasteiger partial charge in [-0.2, -0.15) is 0 Å². The minimum atomic E-state index is -0.402. The van der Waals surface area contributed by atoms with E-state index < -0.39 is 5.91 Å². The van der Waals surface area contributed by atoms with Crippen molar-refractivity contribution < 1.29 is 9.59 Å². The van der Waals surface area contributed by atoms with Gasteiger partial charge in [0.2, 0.25) is 0 Å². The van der Waals surface area contributed by atoms with Gasteiger partial charge in [0.15, 0.2) is 0 Å². The fourth-order valence-electron chi connectivity index (χ4n) is 3.48. The Bertz CT molecular complexity index is 801. The Balaban J connectivity index is 1.53. The number of carbonyl (C=O) groups excluding carboxylic acids is 2. The van der Waals surface area contributed by atoms with Crippen molar-refractivity contribution in [3.05, 3.63) is 59.9 Å². The highest BCUT2D eigenvalue weighted by molar-refractivity contribution is 6.34. The van der Waals surface area contributed by atoms with Crippen molar-refractivity contribution in [2.24, 2.45) is 0 Å². The molecule has 0 N–H and O–H groups in total. The van der Waals surface area contributed by atoms with Crippen LogP contribution in [0.1, 0.15) is 18.1 Å². The van der Waals surface area contributed by atoms with Crippen molar-refractivity contribution in [2.45, 2.75) is 20.3 Å². The van der Waals surface area contributed by atoms with E-state index in [9.17, 15) is 9.59 Å². The van der Waals surface area contributed by atoms with E-state index in [1.54, 1.807) is 22.2 Å². The number of amides is 2. The van der Waals surface area contributed by atoms with Crippen LogP contribution in [0.25, 0.3) is 0 Å². The maximum Gasteiger partial charge on any atom is 0.312 e. The van der Waals surface area contributed by atoms with Gasteiger partial charge in [-0.3, -0.25) is 14.6 Å². The zero-order valence-electron chi connectivity index (χ0n) is 16.7. The summed E-state index contributed by atoms with van der Waals surface area (Å²) < 4.78 is 0. The highest BCUT2D eigenvalue weighted by Crippen LogP contribution is 2.18. The Kier molecular flexibility index (Phi) is 6.63. The molecule has 28 heavy (non-hydrogen) atoms. The van der Waals surface area contributed by atoms with Gasteiger partial charge in [0, 0.05) is 57.3 Å². The number of hydrogen-bond acceptors (Lipinski definition) is 4. The lowest BCUT2D eigenvalue weighted by molar-refractivity contribution is -0.151. The fourth-order valence-corrected chi connectivity index (χ4v) is 3.48. The SMILES string of the molecule is CCN(CCc1ccncc1)C(=O)C(=O)N1CCN(c2cccc(C)c2)CC1. The lowest BCUT2D eigenvalue weighted by Crippen LogP contribution is -2.53. The van der Waals surface area contributed by atoms with E-state index in [0.717, 1.165) is 25.1 Å². The molecule has 6 nitrogen and oxygen atoms in total. The number of benzene rings is 1. The highest BCUT2D eigenvalue weighted by Gasteiger charge is 2.29. The lowest BCUT2D eigenvalue weighted by Gasteiger charge is -2.36. The number of aromatic nitrogens is 1. The van der Waals surface area contributed by atoms with E-state index >= 15 is 0 Å². The summed E-state index contributed by atoms with van der Waals surface area (Å²) in [6, 6.07) is 12.2. The summed E-state index contributed by atoms with van der Waals surface area (Å²) in [4.78, 5) is 35.0. The Morgan fingerprint density at radius 3 is 2.43 bits per heavy atom. The molecule has 1 aromatic carbocycles. The van der Waals surface area contributed by atoms with Crippen LogP contribution in [0, 0.1) is 6.92 Å². The van der Waals surface area contributed by atoms with Crippen LogP contribution < -0.4 is 4.90 Å². The monoisotopic (exact) mass is 380 g/mol. The van der Waals surface area contributed by atoms with Gasteiger partial charge in [-0.15, -0.1) is 0 Å². The van der Waals surface area contributed by atoms with Gasteiger partial charge in [-0.25, -0.2) is 0 Å². The second kappa shape index (κ2) is 9.35.